The molecule has 160 valence electrons. The van der Waals surface area contributed by atoms with Crippen LogP contribution in [-0.4, -0.2) is 50.9 Å². The molecular formula is C23H24N4O3S. The molecule has 31 heavy (non-hydrogen) atoms. The van der Waals surface area contributed by atoms with Crippen LogP contribution < -0.4 is 4.74 Å². The fraction of sp³-hybridized carbons (Fsp3) is 0.304. The highest BCUT2D eigenvalue weighted by Crippen LogP contribution is 2.28. The van der Waals surface area contributed by atoms with Crippen LogP contribution in [0.5, 0.6) is 5.75 Å². The Morgan fingerprint density at radius 2 is 1.61 bits per heavy atom. The first-order valence-electron chi connectivity index (χ1n) is 10.1. The molecule has 2 amide bonds. The van der Waals surface area contributed by atoms with Gasteiger partial charge in [0.25, 0.3) is 11.8 Å². The van der Waals surface area contributed by atoms with Gasteiger partial charge in [-0.1, -0.05) is 37.7 Å². The molecule has 1 aliphatic rings. The Morgan fingerprint density at radius 1 is 0.968 bits per heavy atom. The van der Waals surface area contributed by atoms with Gasteiger partial charge in [0, 0.05) is 24.4 Å². The van der Waals surface area contributed by atoms with Crippen molar-refractivity contribution in [2.75, 3.05) is 19.4 Å². The summed E-state index contributed by atoms with van der Waals surface area (Å²) in [7, 11) is 1.64. The van der Waals surface area contributed by atoms with Gasteiger partial charge in [0.15, 0.2) is 11.0 Å². The average molecular weight is 437 g/mol. The van der Waals surface area contributed by atoms with Gasteiger partial charge < -0.3 is 9.30 Å². The molecule has 0 spiro atoms. The first-order valence-corrected chi connectivity index (χ1v) is 11.1. The van der Waals surface area contributed by atoms with Crippen LogP contribution in [0, 0.1) is 5.92 Å². The van der Waals surface area contributed by atoms with E-state index < -0.39 is 0 Å². The van der Waals surface area contributed by atoms with Crippen molar-refractivity contribution in [2.24, 2.45) is 5.92 Å². The lowest BCUT2D eigenvalue weighted by atomic mass is 10.1. The third-order valence-electron chi connectivity index (χ3n) is 5.04. The predicted molar refractivity (Wildman–Crippen MR) is 119 cm³/mol. The van der Waals surface area contributed by atoms with Gasteiger partial charge >= 0.3 is 0 Å². The highest BCUT2D eigenvalue weighted by Gasteiger charge is 2.34. The number of nitrogens with zero attached hydrogens (tertiary/aromatic N) is 4. The molecular weight excluding hydrogens is 412 g/mol. The number of thioether (sulfide) groups is 1. The normalized spacial score (nSPS) is 13.2. The summed E-state index contributed by atoms with van der Waals surface area (Å²) in [6.45, 7) is 5.38. The molecule has 2 heterocycles. The third-order valence-corrected chi connectivity index (χ3v) is 5.98. The first kappa shape index (κ1) is 21.1. The zero-order valence-corrected chi connectivity index (χ0v) is 18.6. The van der Waals surface area contributed by atoms with Gasteiger partial charge in [-0.15, -0.1) is 10.2 Å². The molecule has 7 nitrogen and oxygen atoms in total. The second-order valence-electron chi connectivity index (χ2n) is 7.70. The highest BCUT2D eigenvalue weighted by molar-refractivity contribution is 7.99. The SMILES string of the molecule is COc1ccc(-c2nnc(SCCN3C(=O)c4ccccc4C3=O)n2CC(C)C)cc1. The lowest BCUT2D eigenvalue weighted by molar-refractivity contribution is 0.0664. The summed E-state index contributed by atoms with van der Waals surface area (Å²) >= 11 is 1.50. The maximum absolute atomic E-state index is 12.6. The van der Waals surface area contributed by atoms with Crippen molar-refractivity contribution in [2.45, 2.75) is 25.5 Å². The van der Waals surface area contributed by atoms with Gasteiger partial charge in [0.05, 0.1) is 18.2 Å². The molecule has 0 saturated carbocycles. The van der Waals surface area contributed by atoms with E-state index in [1.54, 1.807) is 31.4 Å². The molecule has 0 radical (unpaired) electrons. The number of hydrogen-bond acceptors (Lipinski definition) is 6. The monoisotopic (exact) mass is 436 g/mol. The largest absolute Gasteiger partial charge is 0.497 e. The van der Waals surface area contributed by atoms with Crippen LogP contribution in [0.2, 0.25) is 0 Å². The van der Waals surface area contributed by atoms with Gasteiger partial charge in [-0.3, -0.25) is 14.5 Å². The number of amides is 2. The van der Waals surface area contributed by atoms with Crippen molar-refractivity contribution < 1.29 is 14.3 Å². The number of hydrogen-bond donors (Lipinski definition) is 0. The van der Waals surface area contributed by atoms with Crippen LogP contribution in [0.1, 0.15) is 34.6 Å². The van der Waals surface area contributed by atoms with E-state index in [4.69, 9.17) is 4.74 Å². The molecule has 0 N–H and O–H groups in total. The fourth-order valence-corrected chi connectivity index (χ4v) is 4.42. The standard InChI is InChI=1S/C23H24N4O3S/c1-15(2)14-27-20(16-8-10-17(30-3)11-9-16)24-25-23(27)31-13-12-26-21(28)18-6-4-5-7-19(18)22(26)29/h4-11,15H,12-14H2,1-3H3. The minimum Gasteiger partial charge on any atom is -0.497 e. The molecule has 3 aromatic rings. The molecule has 0 atom stereocenters. The highest BCUT2D eigenvalue weighted by atomic mass is 32.2. The average Bonchev–Trinajstić information content (AvgIpc) is 3.27. The van der Waals surface area contributed by atoms with Crippen molar-refractivity contribution in [3.63, 3.8) is 0 Å². The van der Waals surface area contributed by atoms with E-state index in [1.165, 1.54) is 16.7 Å². The van der Waals surface area contributed by atoms with E-state index in [0.717, 1.165) is 28.8 Å². The van der Waals surface area contributed by atoms with Crippen molar-refractivity contribution in [1.82, 2.24) is 19.7 Å². The number of methoxy groups -OCH3 is 1. The van der Waals surface area contributed by atoms with E-state index in [9.17, 15) is 9.59 Å². The van der Waals surface area contributed by atoms with E-state index in [-0.39, 0.29) is 11.8 Å². The Morgan fingerprint density at radius 3 is 2.19 bits per heavy atom. The number of carbonyl (C=O) groups excluding carboxylic acids is 2. The molecule has 1 aromatic heterocycles. The minimum absolute atomic E-state index is 0.233. The number of ether oxygens (including phenoxy) is 1. The summed E-state index contributed by atoms with van der Waals surface area (Å²) in [6.07, 6.45) is 0. The molecule has 1 aliphatic heterocycles. The molecule has 2 aromatic carbocycles. The molecule has 0 saturated heterocycles. The Hall–Kier alpha value is -3.13. The third kappa shape index (κ3) is 4.20. The number of carbonyl (C=O) groups is 2. The number of fused-ring (bicyclic) bond motifs is 1. The Balaban J connectivity index is 1.49. The van der Waals surface area contributed by atoms with Crippen molar-refractivity contribution in [1.29, 1.82) is 0 Å². The molecule has 8 heteroatoms. The van der Waals surface area contributed by atoms with E-state index in [1.807, 2.05) is 24.3 Å². The molecule has 4 rings (SSSR count). The number of rotatable bonds is 8. The van der Waals surface area contributed by atoms with Crippen LogP contribution in [0.4, 0.5) is 0 Å². The Kier molecular flexibility index (Phi) is 6.08. The predicted octanol–water partition coefficient (Wildman–Crippen LogP) is 4.00. The van der Waals surface area contributed by atoms with Crippen molar-refractivity contribution in [3.05, 3.63) is 59.7 Å². The first-order chi connectivity index (χ1) is 15.0. The molecule has 0 fully saturated rings. The van der Waals surface area contributed by atoms with E-state index >= 15 is 0 Å². The minimum atomic E-state index is -0.233. The zero-order valence-electron chi connectivity index (χ0n) is 17.7. The number of benzene rings is 2. The summed E-state index contributed by atoms with van der Waals surface area (Å²) in [6, 6.07) is 14.7. The molecule has 0 aliphatic carbocycles. The lowest BCUT2D eigenvalue weighted by Gasteiger charge is -2.15. The summed E-state index contributed by atoms with van der Waals surface area (Å²) in [5.74, 6) is 2.06. The van der Waals surface area contributed by atoms with E-state index in [0.29, 0.717) is 29.3 Å². The van der Waals surface area contributed by atoms with Crippen LogP contribution in [-0.2, 0) is 6.54 Å². The smallest absolute Gasteiger partial charge is 0.261 e. The fourth-order valence-electron chi connectivity index (χ4n) is 3.55. The second kappa shape index (κ2) is 8.93. The van der Waals surface area contributed by atoms with Crippen LogP contribution in [0.15, 0.2) is 53.7 Å². The van der Waals surface area contributed by atoms with Gasteiger partial charge in [0.1, 0.15) is 5.75 Å². The lowest BCUT2D eigenvalue weighted by Crippen LogP contribution is -2.31. The molecule has 0 bridgehead atoms. The quantitative estimate of drug-likeness (QED) is 0.392. The maximum Gasteiger partial charge on any atom is 0.261 e. The Labute approximate surface area is 185 Å². The van der Waals surface area contributed by atoms with Gasteiger partial charge in [-0.2, -0.15) is 0 Å². The van der Waals surface area contributed by atoms with Gasteiger partial charge in [0.2, 0.25) is 0 Å². The van der Waals surface area contributed by atoms with Crippen molar-refractivity contribution >= 4 is 23.6 Å². The summed E-state index contributed by atoms with van der Waals surface area (Å²) in [4.78, 5) is 26.4. The maximum atomic E-state index is 12.6. The van der Waals surface area contributed by atoms with Crippen LogP contribution >= 0.6 is 11.8 Å². The second-order valence-corrected chi connectivity index (χ2v) is 8.76. The van der Waals surface area contributed by atoms with Crippen LogP contribution in [0.3, 0.4) is 0 Å². The van der Waals surface area contributed by atoms with Crippen molar-refractivity contribution in [3.8, 4) is 17.1 Å². The number of imide groups is 1. The summed E-state index contributed by atoms with van der Waals surface area (Å²) in [5.41, 5.74) is 1.91. The summed E-state index contributed by atoms with van der Waals surface area (Å²) < 4.78 is 7.34. The summed E-state index contributed by atoms with van der Waals surface area (Å²) in [5, 5.41) is 9.57. The van der Waals surface area contributed by atoms with Gasteiger partial charge in [-0.25, -0.2) is 0 Å². The topological polar surface area (TPSA) is 77.3 Å². The molecule has 0 unspecified atom stereocenters. The van der Waals surface area contributed by atoms with Crippen LogP contribution in [0.25, 0.3) is 11.4 Å². The number of aromatic nitrogens is 3. The zero-order chi connectivity index (χ0) is 22.0. The van der Waals surface area contributed by atoms with E-state index in [2.05, 4.69) is 28.6 Å². The Bertz CT molecular complexity index is 1070. The van der Waals surface area contributed by atoms with Gasteiger partial charge in [-0.05, 0) is 42.3 Å².